The summed E-state index contributed by atoms with van der Waals surface area (Å²) in [6.07, 6.45) is 1.61. The Labute approximate surface area is 172 Å². The molecular formula is C23H29N3O3. The van der Waals surface area contributed by atoms with E-state index in [1.54, 1.807) is 7.11 Å². The van der Waals surface area contributed by atoms with Gasteiger partial charge in [0.2, 0.25) is 5.91 Å². The van der Waals surface area contributed by atoms with Crippen molar-refractivity contribution in [2.75, 3.05) is 30.8 Å². The molecule has 1 saturated heterocycles. The lowest BCUT2D eigenvalue weighted by Gasteiger charge is -2.34. The fourth-order valence-corrected chi connectivity index (χ4v) is 3.71. The summed E-state index contributed by atoms with van der Waals surface area (Å²) in [5.74, 6) is 0.746. The van der Waals surface area contributed by atoms with Crippen LogP contribution in [0.15, 0.2) is 48.5 Å². The van der Waals surface area contributed by atoms with E-state index in [1.165, 1.54) is 0 Å². The van der Waals surface area contributed by atoms with Gasteiger partial charge in [0.25, 0.3) is 0 Å². The molecule has 2 N–H and O–H groups in total. The summed E-state index contributed by atoms with van der Waals surface area (Å²) in [6.45, 7) is 5.24. The zero-order chi connectivity index (χ0) is 20.8. The average molecular weight is 396 g/mol. The van der Waals surface area contributed by atoms with E-state index in [1.807, 2.05) is 67.3 Å². The number of nitrogens with one attached hydrogen (secondary N) is 2. The van der Waals surface area contributed by atoms with Gasteiger partial charge in [0.05, 0.1) is 12.8 Å². The van der Waals surface area contributed by atoms with Crippen LogP contribution < -0.4 is 15.4 Å². The third-order valence-electron chi connectivity index (χ3n) is 5.59. The molecule has 0 aliphatic carbocycles. The maximum atomic E-state index is 12.8. The van der Waals surface area contributed by atoms with Crippen molar-refractivity contribution in [2.45, 2.75) is 26.7 Å². The standard InChI is InChI=1S/C23H29N3O3/c1-16-9-10-21(29-3)20(15-16)25-22(27)17(2)18-11-13-26(14-12-18)23(28)24-19-7-5-4-6-8-19/h4-10,15,17-18H,11-14H2,1-3H3,(H,24,28)(H,25,27). The van der Waals surface area contributed by atoms with Crippen LogP contribution >= 0.6 is 0 Å². The molecular weight excluding hydrogens is 366 g/mol. The lowest BCUT2D eigenvalue weighted by molar-refractivity contribution is -0.121. The molecule has 0 saturated carbocycles. The first-order chi connectivity index (χ1) is 14.0. The van der Waals surface area contributed by atoms with Crippen molar-refractivity contribution in [2.24, 2.45) is 11.8 Å². The first-order valence-corrected chi connectivity index (χ1v) is 10.0. The van der Waals surface area contributed by atoms with Gasteiger partial charge < -0.3 is 20.3 Å². The van der Waals surface area contributed by atoms with Crippen LogP contribution in [0.25, 0.3) is 0 Å². The fourth-order valence-electron chi connectivity index (χ4n) is 3.71. The summed E-state index contributed by atoms with van der Waals surface area (Å²) in [5.41, 5.74) is 2.55. The third-order valence-corrected chi connectivity index (χ3v) is 5.59. The predicted molar refractivity (Wildman–Crippen MR) is 115 cm³/mol. The Kier molecular flexibility index (Phi) is 6.75. The number of piperidine rings is 1. The molecule has 2 aromatic rings. The zero-order valence-corrected chi connectivity index (χ0v) is 17.3. The van der Waals surface area contributed by atoms with Crippen molar-refractivity contribution in [1.82, 2.24) is 4.90 Å². The molecule has 0 bridgehead atoms. The second-order valence-corrected chi connectivity index (χ2v) is 7.60. The minimum Gasteiger partial charge on any atom is -0.495 e. The van der Waals surface area contributed by atoms with E-state index in [0.717, 1.165) is 24.1 Å². The topological polar surface area (TPSA) is 70.7 Å². The molecule has 1 fully saturated rings. The molecule has 3 rings (SSSR count). The maximum absolute atomic E-state index is 12.8. The molecule has 1 aliphatic heterocycles. The van der Waals surface area contributed by atoms with Crippen LogP contribution in [-0.2, 0) is 4.79 Å². The Hall–Kier alpha value is -3.02. The van der Waals surface area contributed by atoms with Crippen molar-refractivity contribution in [3.63, 3.8) is 0 Å². The van der Waals surface area contributed by atoms with Crippen LogP contribution in [0.3, 0.4) is 0 Å². The van der Waals surface area contributed by atoms with E-state index in [-0.39, 0.29) is 23.8 Å². The minimum absolute atomic E-state index is 0.0129. The van der Waals surface area contributed by atoms with Crippen LogP contribution in [0, 0.1) is 18.8 Å². The molecule has 0 radical (unpaired) electrons. The largest absolute Gasteiger partial charge is 0.495 e. The van der Waals surface area contributed by atoms with Crippen molar-refractivity contribution >= 4 is 23.3 Å². The smallest absolute Gasteiger partial charge is 0.321 e. The summed E-state index contributed by atoms with van der Waals surface area (Å²) in [7, 11) is 1.60. The number of aryl methyl sites for hydroxylation is 1. The summed E-state index contributed by atoms with van der Waals surface area (Å²) in [4.78, 5) is 27.0. The van der Waals surface area contributed by atoms with Gasteiger partial charge in [0.15, 0.2) is 0 Å². The second-order valence-electron chi connectivity index (χ2n) is 7.60. The molecule has 6 nitrogen and oxygen atoms in total. The Balaban J connectivity index is 1.53. The Morgan fingerprint density at radius 1 is 1.07 bits per heavy atom. The number of urea groups is 1. The van der Waals surface area contributed by atoms with Gasteiger partial charge in [-0.3, -0.25) is 4.79 Å². The van der Waals surface area contributed by atoms with E-state index < -0.39 is 0 Å². The van der Waals surface area contributed by atoms with Gasteiger partial charge in [-0.15, -0.1) is 0 Å². The summed E-state index contributed by atoms with van der Waals surface area (Å²) in [5, 5.41) is 5.93. The van der Waals surface area contributed by atoms with E-state index in [4.69, 9.17) is 4.74 Å². The molecule has 0 aromatic heterocycles. The highest BCUT2D eigenvalue weighted by Crippen LogP contribution is 2.29. The van der Waals surface area contributed by atoms with Gasteiger partial charge >= 0.3 is 6.03 Å². The monoisotopic (exact) mass is 395 g/mol. The van der Waals surface area contributed by atoms with Gasteiger partial charge in [-0.1, -0.05) is 31.2 Å². The Morgan fingerprint density at radius 3 is 2.41 bits per heavy atom. The normalized spacial score (nSPS) is 15.5. The first kappa shape index (κ1) is 20.7. The third kappa shape index (κ3) is 5.28. The number of hydrogen-bond donors (Lipinski definition) is 2. The van der Waals surface area contributed by atoms with E-state index in [2.05, 4.69) is 10.6 Å². The number of hydrogen-bond acceptors (Lipinski definition) is 3. The molecule has 29 heavy (non-hydrogen) atoms. The molecule has 3 amide bonds. The van der Waals surface area contributed by atoms with Crippen LogP contribution in [0.4, 0.5) is 16.2 Å². The molecule has 1 aliphatic rings. The number of amides is 3. The quantitative estimate of drug-likeness (QED) is 0.782. The predicted octanol–water partition coefficient (Wildman–Crippen LogP) is 4.52. The number of nitrogens with zero attached hydrogens (tertiary/aromatic N) is 1. The summed E-state index contributed by atoms with van der Waals surface area (Å²) < 4.78 is 5.35. The van der Waals surface area contributed by atoms with E-state index in [9.17, 15) is 9.59 Å². The zero-order valence-electron chi connectivity index (χ0n) is 17.3. The van der Waals surface area contributed by atoms with Crippen molar-refractivity contribution in [3.8, 4) is 5.75 Å². The molecule has 1 heterocycles. The van der Waals surface area contributed by atoms with Gasteiger partial charge in [-0.2, -0.15) is 0 Å². The highest BCUT2D eigenvalue weighted by atomic mass is 16.5. The summed E-state index contributed by atoms with van der Waals surface area (Å²) in [6, 6.07) is 15.1. The molecule has 0 spiro atoms. The van der Waals surface area contributed by atoms with Crippen LogP contribution in [0.5, 0.6) is 5.75 Å². The Bertz CT molecular complexity index is 846. The van der Waals surface area contributed by atoms with Gasteiger partial charge in [0, 0.05) is 24.7 Å². The molecule has 154 valence electrons. The number of methoxy groups -OCH3 is 1. The Morgan fingerprint density at radius 2 is 1.76 bits per heavy atom. The molecule has 2 aromatic carbocycles. The lowest BCUT2D eigenvalue weighted by atomic mass is 9.85. The number of para-hydroxylation sites is 1. The van der Waals surface area contributed by atoms with Crippen molar-refractivity contribution in [3.05, 3.63) is 54.1 Å². The SMILES string of the molecule is COc1ccc(C)cc1NC(=O)C(C)C1CCN(C(=O)Nc2ccccc2)CC1. The van der Waals surface area contributed by atoms with Gasteiger partial charge in [0.1, 0.15) is 5.75 Å². The summed E-state index contributed by atoms with van der Waals surface area (Å²) >= 11 is 0. The minimum atomic E-state index is -0.139. The van der Waals surface area contributed by atoms with Crippen LogP contribution in [0.1, 0.15) is 25.3 Å². The van der Waals surface area contributed by atoms with Crippen molar-refractivity contribution < 1.29 is 14.3 Å². The van der Waals surface area contributed by atoms with E-state index in [0.29, 0.717) is 24.5 Å². The number of carbonyl (C=O) groups excluding carboxylic acids is 2. The van der Waals surface area contributed by atoms with Crippen LogP contribution in [-0.4, -0.2) is 37.0 Å². The van der Waals surface area contributed by atoms with Crippen molar-refractivity contribution in [1.29, 1.82) is 0 Å². The van der Waals surface area contributed by atoms with E-state index >= 15 is 0 Å². The number of likely N-dealkylation sites (tertiary alicyclic amines) is 1. The lowest BCUT2D eigenvalue weighted by Crippen LogP contribution is -2.43. The van der Waals surface area contributed by atoms with Crippen LogP contribution in [0.2, 0.25) is 0 Å². The molecule has 1 atom stereocenters. The van der Waals surface area contributed by atoms with Gasteiger partial charge in [-0.25, -0.2) is 4.79 Å². The maximum Gasteiger partial charge on any atom is 0.321 e. The average Bonchev–Trinajstić information content (AvgIpc) is 2.74. The first-order valence-electron chi connectivity index (χ1n) is 10.0. The fraction of sp³-hybridized carbons (Fsp3) is 0.391. The highest BCUT2D eigenvalue weighted by Gasteiger charge is 2.30. The van der Waals surface area contributed by atoms with Gasteiger partial charge in [-0.05, 0) is 55.5 Å². The molecule has 1 unspecified atom stereocenters. The second kappa shape index (κ2) is 9.45. The number of carbonyl (C=O) groups is 2. The number of ether oxygens (including phenoxy) is 1. The number of benzene rings is 2. The highest BCUT2D eigenvalue weighted by molar-refractivity contribution is 5.94. The number of rotatable bonds is 5. The number of anilines is 2. The molecule has 6 heteroatoms.